The number of nitrogens with zero attached hydrogens (tertiary/aromatic N) is 4. The monoisotopic (exact) mass is 742 g/mol. The second-order valence-electron chi connectivity index (χ2n) is 14.4. The Hall–Kier alpha value is -8.32. The summed E-state index contributed by atoms with van der Waals surface area (Å²) in [6.45, 7) is 7.60. The summed E-state index contributed by atoms with van der Waals surface area (Å²) in [4.78, 5) is 8.02. The van der Waals surface area contributed by atoms with E-state index in [-0.39, 0.29) is 0 Å². The van der Waals surface area contributed by atoms with Gasteiger partial charge in [0.1, 0.15) is 11.2 Å². The van der Waals surface area contributed by atoms with Crippen molar-refractivity contribution < 1.29 is 8.83 Å². The molecule has 0 saturated heterocycles. The highest BCUT2D eigenvalue weighted by Crippen LogP contribution is 2.43. The molecular weight excluding hydrogens is 713 g/mol. The summed E-state index contributed by atoms with van der Waals surface area (Å²) in [5.74, 6) is 0. The van der Waals surface area contributed by atoms with Gasteiger partial charge in [0.15, 0.2) is 16.9 Å². The minimum atomic E-state index is 0.589. The van der Waals surface area contributed by atoms with Crippen LogP contribution in [0, 0.1) is 17.9 Å². The van der Waals surface area contributed by atoms with Gasteiger partial charge in [-0.25, -0.2) is 4.85 Å². The average molecular weight is 743 g/mol. The highest BCUT2D eigenvalue weighted by Gasteiger charge is 2.20. The molecule has 6 heteroatoms. The Labute approximate surface area is 333 Å². The number of fused-ring (bicyclic) bond motifs is 9. The Balaban J connectivity index is 1.03. The van der Waals surface area contributed by atoms with Gasteiger partial charge >= 0.3 is 0 Å². The summed E-state index contributed by atoms with van der Waals surface area (Å²) in [5.41, 5.74) is 9.98. The van der Waals surface area contributed by atoms with Crippen LogP contribution in [-0.4, -0.2) is 0 Å². The van der Waals surface area contributed by atoms with Gasteiger partial charge in [0.2, 0.25) is 0 Å². The molecule has 0 radical (unpaired) electrons. The molecule has 0 aliphatic heterocycles. The second kappa shape index (κ2) is 13.2. The molecule has 0 amide bonds. The molecule has 58 heavy (non-hydrogen) atoms. The van der Waals surface area contributed by atoms with E-state index in [4.69, 9.17) is 15.4 Å². The minimum absolute atomic E-state index is 0.589. The molecule has 6 nitrogen and oxygen atoms in total. The van der Waals surface area contributed by atoms with E-state index in [1.165, 1.54) is 0 Å². The van der Waals surface area contributed by atoms with Crippen LogP contribution in [0.1, 0.15) is 5.56 Å². The molecule has 0 saturated carbocycles. The number of hydrogen-bond donors (Lipinski definition) is 0. The first-order valence-corrected chi connectivity index (χ1v) is 19.0. The van der Waals surface area contributed by atoms with Crippen molar-refractivity contribution in [1.29, 1.82) is 5.26 Å². The third-order valence-electron chi connectivity index (χ3n) is 11.0. The fourth-order valence-electron chi connectivity index (χ4n) is 8.27. The second-order valence-corrected chi connectivity index (χ2v) is 14.4. The van der Waals surface area contributed by atoms with Gasteiger partial charge in [-0.3, -0.25) is 0 Å². The molecule has 2 heterocycles. The van der Waals surface area contributed by atoms with E-state index in [2.05, 4.69) is 118 Å². The molecule has 0 unspecified atom stereocenters. The van der Waals surface area contributed by atoms with Crippen LogP contribution in [0.2, 0.25) is 0 Å². The fraction of sp³-hybridized carbons (Fsp3) is 0. The average Bonchev–Trinajstić information content (AvgIpc) is 3.83. The quantitative estimate of drug-likeness (QED) is 0.159. The first-order valence-electron chi connectivity index (χ1n) is 19.0. The number of rotatable bonds is 6. The minimum Gasteiger partial charge on any atom is -0.452 e. The van der Waals surface area contributed by atoms with Crippen molar-refractivity contribution in [3.8, 4) is 6.07 Å². The SMILES string of the molecule is [C-]#[N+]c1cccc(N(c2ccccc2)c2ccc3cc4c(cc3c2)oc2c4ccc3c4cc5ccc(N(c6ccccc6)c6cccc(C#N)c6)cc5cc4oc32)c1. The summed E-state index contributed by atoms with van der Waals surface area (Å²) in [6, 6.07) is 63.9. The van der Waals surface area contributed by atoms with Crippen molar-refractivity contribution in [3.05, 3.63) is 199 Å². The highest BCUT2D eigenvalue weighted by molar-refractivity contribution is 6.21. The number of para-hydroxylation sites is 2. The predicted octanol–water partition coefficient (Wildman–Crippen LogP) is 15.2. The molecule has 0 atom stereocenters. The van der Waals surface area contributed by atoms with E-state index in [0.717, 1.165) is 99.5 Å². The van der Waals surface area contributed by atoms with Crippen LogP contribution in [0.25, 0.3) is 70.3 Å². The summed E-state index contributed by atoms with van der Waals surface area (Å²) in [6.07, 6.45) is 0. The van der Waals surface area contributed by atoms with Crippen LogP contribution in [0.15, 0.2) is 191 Å². The molecule has 9 aromatic carbocycles. The van der Waals surface area contributed by atoms with Crippen LogP contribution >= 0.6 is 0 Å². The summed E-state index contributed by atoms with van der Waals surface area (Å²) < 4.78 is 13.4. The summed E-state index contributed by atoms with van der Waals surface area (Å²) in [7, 11) is 0. The van der Waals surface area contributed by atoms with E-state index >= 15 is 0 Å². The Morgan fingerprint density at radius 3 is 1.41 bits per heavy atom. The zero-order valence-corrected chi connectivity index (χ0v) is 30.9. The third-order valence-corrected chi connectivity index (χ3v) is 11.0. The van der Waals surface area contributed by atoms with Gasteiger partial charge in [-0.2, -0.15) is 5.26 Å². The number of nitriles is 1. The first kappa shape index (κ1) is 33.1. The van der Waals surface area contributed by atoms with Crippen molar-refractivity contribution in [1.82, 2.24) is 0 Å². The van der Waals surface area contributed by atoms with Gasteiger partial charge < -0.3 is 18.6 Å². The lowest BCUT2D eigenvalue weighted by Crippen LogP contribution is -2.09. The van der Waals surface area contributed by atoms with E-state index in [9.17, 15) is 5.26 Å². The van der Waals surface area contributed by atoms with E-state index in [0.29, 0.717) is 11.3 Å². The Morgan fingerprint density at radius 1 is 0.414 bits per heavy atom. The van der Waals surface area contributed by atoms with Crippen LogP contribution < -0.4 is 9.80 Å². The Kier molecular flexibility index (Phi) is 7.50. The molecule has 11 rings (SSSR count). The highest BCUT2D eigenvalue weighted by atomic mass is 16.4. The van der Waals surface area contributed by atoms with Crippen LogP contribution in [0.3, 0.4) is 0 Å². The van der Waals surface area contributed by atoms with Gasteiger partial charge in [-0.05, 0) is 137 Å². The van der Waals surface area contributed by atoms with Crippen molar-refractivity contribution in [2.75, 3.05) is 9.80 Å². The molecule has 0 aliphatic rings. The smallest absolute Gasteiger partial charge is 0.189 e. The zero-order valence-electron chi connectivity index (χ0n) is 30.9. The lowest BCUT2D eigenvalue weighted by molar-refractivity contribution is 0.634. The van der Waals surface area contributed by atoms with E-state index in [1.807, 2.05) is 84.9 Å². The fourth-order valence-corrected chi connectivity index (χ4v) is 8.27. The predicted molar refractivity (Wildman–Crippen MR) is 236 cm³/mol. The Morgan fingerprint density at radius 2 is 0.897 bits per heavy atom. The van der Waals surface area contributed by atoms with Gasteiger partial charge in [-0.1, -0.05) is 66.7 Å². The van der Waals surface area contributed by atoms with Crippen LogP contribution in [0.5, 0.6) is 0 Å². The standard InChI is InChI=1S/C52H30N4O2/c1-54-38-11-9-17-42(31-38)56(40-14-6-3-7-15-40)44-21-19-35-28-48-46-23-22-45-47-27-34-18-20-43(55(39-12-4-2-5-13-39)41-16-8-10-33(24-41)32-53)25-36(34)29-49(47)57-51(45)52(46)58-50(48)30-37(35)26-44/h2-31H. The molecule has 2 aromatic heterocycles. The molecule has 0 fully saturated rings. The molecule has 0 aliphatic carbocycles. The number of benzene rings is 9. The molecule has 270 valence electrons. The lowest BCUT2D eigenvalue weighted by atomic mass is 10.0. The maximum Gasteiger partial charge on any atom is 0.189 e. The lowest BCUT2D eigenvalue weighted by Gasteiger charge is -2.26. The normalized spacial score (nSPS) is 11.4. The van der Waals surface area contributed by atoms with E-state index < -0.39 is 0 Å². The largest absolute Gasteiger partial charge is 0.452 e. The molecule has 0 spiro atoms. The molecule has 0 N–H and O–H groups in total. The maximum atomic E-state index is 9.66. The zero-order chi connectivity index (χ0) is 38.7. The number of furan rings is 2. The van der Waals surface area contributed by atoms with Crippen LogP contribution in [-0.2, 0) is 0 Å². The number of hydrogen-bond acceptors (Lipinski definition) is 5. The van der Waals surface area contributed by atoms with Crippen molar-refractivity contribution in [2.45, 2.75) is 0 Å². The Bertz CT molecular complexity index is 3270. The third kappa shape index (κ3) is 5.40. The van der Waals surface area contributed by atoms with Crippen molar-refractivity contribution >= 4 is 105 Å². The van der Waals surface area contributed by atoms with Gasteiger partial charge in [-0.15, -0.1) is 0 Å². The number of anilines is 6. The molecule has 11 aromatic rings. The summed E-state index contributed by atoms with van der Waals surface area (Å²) in [5, 5.41) is 18.0. The van der Waals surface area contributed by atoms with Crippen molar-refractivity contribution in [3.63, 3.8) is 0 Å². The van der Waals surface area contributed by atoms with Crippen LogP contribution in [0.4, 0.5) is 39.8 Å². The maximum absolute atomic E-state index is 9.66. The van der Waals surface area contributed by atoms with Gasteiger partial charge in [0.05, 0.1) is 18.2 Å². The molecular formula is C52H30N4O2. The van der Waals surface area contributed by atoms with Crippen molar-refractivity contribution in [2.24, 2.45) is 0 Å². The topological polar surface area (TPSA) is 60.9 Å². The first-order chi connectivity index (χ1) is 28.6. The van der Waals surface area contributed by atoms with E-state index in [1.54, 1.807) is 0 Å². The van der Waals surface area contributed by atoms with Gasteiger partial charge in [0.25, 0.3) is 0 Å². The van der Waals surface area contributed by atoms with Gasteiger partial charge in [0, 0.05) is 55.7 Å². The summed E-state index contributed by atoms with van der Waals surface area (Å²) >= 11 is 0. The molecule has 0 bridgehead atoms.